The minimum absolute atomic E-state index is 0.0160. The molecule has 1 atom stereocenters. The Morgan fingerprint density at radius 2 is 2.19 bits per heavy atom. The molecule has 0 radical (unpaired) electrons. The van der Waals surface area contributed by atoms with Crippen molar-refractivity contribution in [2.45, 2.75) is 26.3 Å². The van der Waals surface area contributed by atoms with E-state index in [4.69, 9.17) is 10.8 Å². The van der Waals surface area contributed by atoms with Crippen LogP contribution in [0.4, 0.5) is 5.69 Å². The first kappa shape index (κ1) is 12.5. The maximum absolute atomic E-state index is 10.4. The zero-order chi connectivity index (χ0) is 12.1. The molecule has 4 heteroatoms. The van der Waals surface area contributed by atoms with Gasteiger partial charge in [-0.05, 0) is 31.0 Å². The summed E-state index contributed by atoms with van der Waals surface area (Å²) in [6.07, 6.45) is -0.0160. The number of carboxylic acid groups (broad SMARTS) is 1. The first-order chi connectivity index (χ1) is 7.50. The highest BCUT2D eigenvalue weighted by Gasteiger charge is 2.08. The smallest absolute Gasteiger partial charge is 0.304 e. The molecule has 4 N–H and O–H groups in total. The van der Waals surface area contributed by atoms with Gasteiger partial charge in [0.15, 0.2) is 0 Å². The largest absolute Gasteiger partial charge is 0.481 e. The Labute approximate surface area is 95.5 Å². The first-order valence-electron chi connectivity index (χ1n) is 5.28. The molecular weight excluding hydrogens is 204 g/mol. The SMILES string of the molecule is Cc1cccc(NCC(N)CC(=O)O)c1C. The fourth-order valence-corrected chi connectivity index (χ4v) is 1.48. The molecule has 0 aliphatic rings. The highest BCUT2D eigenvalue weighted by Crippen LogP contribution is 2.17. The number of rotatable bonds is 5. The fourth-order valence-electron chi connectivity index (χ4n) is 1.48. The van der Waals surface area contributed by atoms with E-state index in [0.717, 1.165) is 5.69 Å². The lowest BCUT2D eigenvalue weighted by Gasteiger charge is -2.14. The van der Waals surface area contributed by atoms with Gasteiger partial charge in [0.2, 0.25) is 0 Å². The average Bonchev–Trinajstić information content (AvgIpc) is 2.19. The summed E-state index contributed by atoms with van der Waals surface area (Å²) in [6.45, 7) is 4.54. The van der Waals surface area contributed by atoms with Crippen molar-refractivity contribution in [1.29, 1.82) is 0 Å². The number of carboxylic acids is 1. The van der Waals surface area contributed by atoms with Crippen LogP contribution < -0.4 is 11.1 Å². The Bertz CT molecular complexity index is 377. The van der Waals surface area contributed by atoms with Gasteiger partial charge in [-0.2, -0.15) is 0 Å². The van der Waals surface area contributed by atoms with E-state index in [1.165, 1.54) is 11.1 Å². The molecule has 1 unspecified atom stereocenters. The molecule has 0 aromatic heterocycles. The molecule has 1 aromatic rings. The summed E-state index contributed by atoms with van der Waals surface area (Å²) in [6, 6.07) is 5.61. The lowest BCUT2D eigenvalue weighted by atomic mass is 10.1. The Morgan fingerprint density at radius 3 is 2.81 bits per heavy atom. The monoisotopic (exact) mass is 222 g/mol. The molecular formula is C12H18N2O2. The molecule has 0 heterocycles. The van der Waals surface area contributed by atoms with E-state index >= 15 is 0 Å². The van der Waals surface area contributed by atoms with Crippen LogP contribution in [0.2, 0.25) is 0 Å². The van der Waals surface area contributed by atoms with Crippen LogP contribution in [-0.4, -0.2) is 23.7 Å². The second-order valence-corrected chi connectivity index (χ2v) is 3.99. The van der Waals surface area contributed by atoms with Gasteiger partial charge in [0.1, 0.15) is 0 Å². The van der Waals surface area contributed by atoms with E-state index in [1.54, 1.807) is 0 Å². The number of hydrogen-bond donors (Lipinski definition) is 3. The van der Waals surface area contributed by atoms with Crippen molar-refractivity contribution in [2.24, 2.45) is 5.73 Å². The van der Waals surface area contributed by atoms with Gasteiger partial charge in [-0.15, -0.1) is 0 Å². The van der Waals surface area contributed by atoms with Gasteiger partial charge in [0, 0.05) is 18.3 Å². The molecule has 4 nitrogen and oxygen atoms in total. The summed E-state index contributed by atoms with van der Waals surface area (Å²) in [7, 11) is 0. The summed E-state index contributed by atoms with van der Waals surface area (Å²) in [5.74, 6) is -0.865. The summed E-state index contributed by atoms with van der Waals surface area (Å²) >= 11 is 0. The number of carbonyl (C=O) groups is 1. The van der Waals surface area contributed by atoms with E-state index in [1.807, 2.05) is 32.0 Å². The molecule has 0 amide bonds. The summed E-state index contributed by atoms with van der Waals surface area (Å²) in [5.41, 5.74) is 9.06. The Morgan fingerprint density at radius 1 is 1.50 bits per heavy atom. The topological polar surface area (TPSA) is 75.3 Å². The van der Waals surface area contributed by atoms with E-state index in [9.17, 15) is 4.79 Å². The first-order valence-corrected chi connectivity index (χ1v) is 5.28. The van der Waals surface area contributed by atoms with Crippen LogP contribution in [0.1, 0.15) is 17.5 Å². The predicted octanol–water partition coefficient (Wildman–Crippen LogP) is 1.52. The predicted molar refractivity (Wildman–Crippen MR) is 64.6 cm³/mol. The number of aryl methyl sites for hydroxylation is 1. The third-order valence-corrected chi connectivity index (χ3v) is 2.60. The number of benzene rings is 1. The molecule has 0 aliphatic carbocycles. The zero-order valence-corrected chi connectivity index (χ0v) is 9.66. The Balaban J connectivity index is 2.54. The second-order valence-electron chi connectivity index (χ2n) is 3.99. The van der Waals surface area contributed by atoms with Crippen LogP contribution in [0, 0.1) is 13.8 Å². The highest BCUT2D eigenvalue weighted by atomic mass is 16.4. The molecule has 0 saturated carbocycles. The minimum atomic E-state index is -0.865. The number of nitrogens with one attached hydrogen (secondary N) is 1. The van der Waals surface area contributed by atoms with Gasteiger partial charge in [0.05, 0.1) is 6.42 Å². The zero-order valence-electron chi connectivity index (χ0n) is 9.66. The van der Waals surface area contributed by atoms with Crippen molar-refractivity contribution in [1.82, 2.24) is 0 Å². The molecule has 0 fully saturated rings. The minimum Gasteiger partial charge on any atom is -0.481 e. The van der Waals surface area contributed by atoms with Crippen molar-refractivity contribution >= 4 is 11.7 Å². The quantitative estimate of drug-likeness (QED) is 0.706. The fraction of sp³-hybridized carbons (Fsp3) is 0.417. The van der Waals surface area contributed by atoms with Crippen LogP contribution in [0.5, 0.6) is 0 Å². The number of aliphatic carboxylic acids is 1. The molecule has 0 spiro atoms. The van der Waals surface area contributed by atoms with Crippen LogP contribution in [-0.2, 0) is 4.79 Å². The van der Waals surface area contributed by atoms with Crippen molar-refractivity contribution in [2.75, 3.05) is 11.9 Å². The van der Waals surface area contributed by atoms with Gasteiger partial charge >= 0.3 is 5.97 Å². The molecule has 1 rings (SSSR count). The molecule has 0 saturated heterocycles. The number of nitrogens with two attached hydrogens (primary N) is 1. The Hall–Kier alpha value is -1.55. The summed E-state index contributed by atoms with van der Waals surface area (Å²) in [5, 5.41) is 11.7. The van der Waals surface area contributed by atoms with Gasteiger partial charge in [-0.3, -0.25) is 4.79 Å². The molecule has 16 heavy (non-hydrogen) atoms. The number of anilines is 1. The van der Waals surface area contributed by atoms with E-state index in [0.29, 0.717) is 6.54 Å². The van der Waals surface area contributed by atoms with Gasteiger partial charge in [0.25, 0.3) is 0 Å². The van der Waals surface area contributed by atoms with E-state index < -0.39 is 5.97 Å². The molecule has 1 aromatic carbocycles. The van der Waals surface area contributed by atoms with Crippen LogP contribution in [0.25, 0.3) is 0 Å². The lowest BCUT2D eigenvalue weighted by Crippen LogP contribution is -2.31. The third-order valence-electron chi connectivity index (χ3n) is 2.60. The summed E-state index contributed by atoms with van der Waals surface area (Å²) < 4.78 is 0. The van der Waals surface area contributed by atoms with Crippen molar-refractivity contribution in [3.63, 3.8) is 0 Å². The normalized spacial score (nSPS) is 12.2. The molecule has 88 valence electrons. The van der Waals surface area contributed by atoms with Crippen LogP contribution >= 0.6 is 0 Å². The van der Waals surface area contributed by atoms with E-state index in [-0.39, 0.29) is 12.5 Å². The van der Waals surface area contributed by atoms with Crippen LogP contribution in [0.15, 0.2) is 18.2 Å². The van der Waals surface area contributed by atoms with Crippen molar-refractivity contribution in [3.05, 3.63) is 29.3 Å². The Kier molecular flexibility index (Phi) is 4.31. The third kappa shape index (κ3) is 3.55. The van der Waals surface area contributed by atoms with Crippen LogP contribution in [0.3, 0.4) is 0 Å². The van der Waals surface area contributed by atoms with Crippen molar-refractivity contribution in [3.8, 4) is 0 Å². The van der Waals surface area contributed by atoms with Crippen molar-refractivity contribution < 1.29 is 9.90 Å². The maximum Gasteiger partial charge on any atom is 0.304 e. The standard InChI is InChI=1S/C12H18N2O2/c1-8-4-3-5-11(9(8)2)14-7-10(13)6-12(15)16/h3-5,10,14H,6-7,13H2,1-2H3,(H,15,16). The maximum atomic E-state index is 10.4. The molecule has 0 aliphatic heterocycles. The van der Waals surface area contributed by atoms with Gasteiger partial charge in [-0.25, -0.2) is 0 Å². The lowest BCUT2D eigenvalue weighted by molar-refractivity contribution is -0.137. The summed E-state index contributed by atoms with van der Waals surface area (Å²) in [4.78, 5) is 10.4. The van der Waals surface area contributed by atoms with Gasteiger partial charge in [-0.1, -0.05) is 12.1 Å². The average molecular weight is 222 g/mol. The molecule has 0 bridgehead atoms. The highest BCUT2D eigenvalue weighted by molar-refractivity contribution is 5.67. The van der Waals surface area contributed by atoms with Gasteiger partial charge < -0.3 is 16.2 Å². The number of hydrogen-bond acceptors (Lipinski definition) is 3. The van der Waals surface area contributed by atoms with E-state index in [2.05, 4.69) is 5.32 Å². The second kappa shape index (κ2) is 5.51.